The number of carbonyl (C=O) groups excluding carboxylic acids is 2. The molecule has 1 N–H and O–H groups in total. The van der Waals surface area contributed by atoms with E-state index in [9.17, 15) is 9.59 Å². The van der Waals surface area contributed by atoms with Crippen LogP contribution < -0.4 is 5.32 Å². The molecule has 0 aliphatic carbocycles. The number of aromatic nitrogens is 2. The Morgan fingerprint density at radius 3 is 2.68 bits per heavy atom. The van der Waals surface area contributed by atoms with Gasteiger partial charge < -0.3 is 5.32 Å². The van der Waals surface area contributed by atoms with Gasteiger partial charge in [-0.05, 0) is 18.2 Å². The number of ketones is 1. The minimum Gasteiger partial charge on any atom is -0.320 e. The van der Waals surface area contributed by atoms with Crippen molar-refractivity contribution in [2.45, 2.75) is 13.3 Å². The molecule has 0 bridgehead atoms. The largest absolute Gasteiger partial charge is 0.320 e. The second-order valence-electron chi connectivity index (χ2n) is 3.87. The predicted molar refractivity (Wildman–Crippen MR) is 71.0 cm³/mol. The van der Waals surface area contributed by atoms with Gasteiger partial charge in [0.25, 0.3) is 5.91 Å². The van der Waals surface area contributed by atoms with Crippen molar-refractivity contribution >= 4 is 17.4 Å². The van der Waals surface area contributed by atoms with Crippen LogP contribution in [0.2, 0.25) is 0 Å². The van der Waals surface area contributed by atoms with Crippen LogP contribution in [0.4, 0.5) is 5.69 Å². The Bertz CT molecular complexity index is 597. The number of para-hydroxylation sites is 1. The van der Waals surface area contributed by atoms with E-state index in [-0.39, 0.29) is 17.4 Å². The Labute approximate surface area is 110 Å². The number of hydrogen-bond acceptors (Lipinski definition) is 4. The summed E-state index contributed by atoms with van der Waals surface area (Å²) in [5, 5.41) is 2.69. The summed E-state index contributed by atoms with van der Waals surface area (Å²) in [4.78, 5) is 31.3. The van der Waals surface area contributed by atoms with Gasteiger partial charge in [-0.2, -0.15) is 0 Å². The fourth-order valence-electron chi connectivity index (χ4n) is 1.64. The zero-order chi connectivity index (χ0) is 13.7. The summed E-state index contributed by atoms with van der Waals surface area (Å²) in [6.45, 7) is 1.78. The third-order valence-corrected chi connectivity index (χ3v) is 2.61. The van der Waals surface area contributed by atoms with Gasteiger partial charge in [0.2, 0.25) is 0 Å². The van der Waals surface area contributed by atoms with Gasteiger partial charge in [0.15, 0.2) is 5.78 Å². The molecule has 5 heteroatoms. The molecule has 1 aromatic heterocycles. The molecule has 0 saturated heterocycles. The van der Waals surface area contributed by atoms with E-state index in [0.29, 0.717) is 17.7 Å². The minimum absolute atomic E-state index is 0.0152. The fourth-order valence-corrected chi connectivity index (χ4v) is 1.64. The maximum Gasteiger partial charge on any atom is 0.274 e. The molecule has 0 radical (unpaired) electrons. The predicted octanol–water partition coefficient (Wildman–Crippen LogP) is 2.32. The maximum atomic E-state index is 12.0. The molecule has 96 valence electrons. The Balaban J connectivity index is 2.25. The highest BCUT2D eigenvalue weighted by Gasteiger charge is 2.13. The average Bonchev–Trinajstić information content (AvgIpc) is 2.48. The summed E-state index contributed by atoms with van der Waals surface area (Å²) in [6, 6.07) is 8.44. The van der Waals surface area contributed by atoms with Gasteiger partial charge in [0.05, 0.1) is 5.69 Å². The van der Waals surface area contributed by atoms with E-state index < -0.39 is 0 Å². The lowest BCUT2D eigenvalue weighted by Gasteiger charge is -2.09. The van der Waals surface area contributed by atoms with Crippen LogP contribution in [0, 0.1) is 0 Å². The van der Waals surface area contributed by atoms with Gasteiger partial charge >= 0.3 is 0 Å². The molecular weight excluding hydrogens is 242 g/mol. The highest BCUT2D eigenvalue weighted by atomic mass is 16.2. The van der Waals surface area contributed by atoms with Crippen LogP contribution >= 0.6 is 0 Å². The molecule has 2 aromatic rings. The second kappa shape index (κ2) is 5.86. The number of anilines is 1. The lowest BCUT2D eigenvalue weighted by molar-refractivity contribution is 0.0989. The molecule has 1 amide bonds. The van der Waals surface area contributed by atoms with E-state index in [1.807, 2.05) is 0 Å². The minimum atomic E-state index is -0.362. The van der Waals surface area contributed by atoms with Crippen molar-refractivity contribution in [1.82, 2.24) is 9.97 Å². The SMILES string of the molecule is CCC(=O)c1ccccc1NC(=O)c1ccncn1. The number of hydrogen-bond donors (Lipinski definition) is 1. The van der Waals surface area contributed by atoms with Crippen LogP contribution in [0.5, 0.6) is 0 Å². The van der Waals surface area contributed by atoms with Gasteiger partial charge in [-0.1, -0.05) is 19.1 Å². The van der Waals surface area contributed by atoms with Crippen molar-refractivity contribution in [3.63, 3.8) is 0 Å². The molecule has 5 nitrogen and oxygen atoms in total. The van der Waals surface area contributed by atoms with Gasteiger partial charge in [-0.3, -0.25) is 9.59 Å². The fraction of sp³-hybridized carbons (Fsp3) is 0.143. The van der Waals surface area contributed by atoms with E-state index >= 15 is 0 Å². The summed E-state index contributed by atoms with van der Waals surface area (Å²) in [5.41, 5.74) is 1.26. The summed E-state index contributed by atoms with van der Waals surface area (Å²) in [6.07, 6.45) is 3.18. The quantitative estimate of drug-likeness (QED) is 0.851. The molecule has 2 rings (SSSR count). The van der Waals surface area contributed by atoms with E-state index in [4.69, 9.17) is 0 Å². The number of carbonyl (C=O) groups is 2. The monoisotopic (exact) mass is 255 g/mol. The van der Waals surface area contributed by atoms with E-state index in [1.54, 1.807) is 31.2 Å². The lowest BCUT2D eigenvalue weighted by Crippen LogP contribution is -2.16. The zero-order valence-corrected chi connectivity index (χ0v) is 10.5. The first kappa shape index (κ1) is 12.9. The maximum absolute atomic E-state index is 12.0. The number of rotatable bonds is 4. The highest BCUT2D eigenvalue weighted by molar-refractivity contribution is 6.08. The topological polar surface area (TPSA) is 72.0 Å². The molecule has 19 heavy (non-hydrogen) atoms. The summed E-state index contributed by atoms with van der Waals surface area (Å²) in [7, 11) is 0. The van der Waals surface area contributed by atoms with Crippen LogP contribution in [-0.2, 0) is 0 Å². The first-order valence-corrected chi connectivity index (χ1v) is 5.92. The van der Waals surface area contributed by atoms with Crippen molar-refractivity contribution in [2.75, 3.05) is 5.32 Å². The average molecular weight is 255 g/mol. The summed E-state index contributed by atoms with van der Waals surface area (Å²) in [5.74, 6) is -0.377. The third-order valence-electron chi connectivity index (χ3n) is 2.61. The van der Waals surface area contributed by atoms with Crippen molar-refractivity contribution < 1.29 is 9.59 Å². The molecule has 1 aromatic carbocycles. The number of Topliss-reactive ketones (excluding diaryl/α,β-unsaturated/α-hetero) is 1. The standard InChI is InChI=1S/C14H13N3O2/c1-2-13(18)10-5-3-4-6-11(10)17-14(19)12-7-8-15-9-16-12/h3-9H,2H2,1H3,(H,17,19). The number of amides is 1. The third kappa shape index (κ3) is 3.01. The molecule has 0 unspecified atom stereocenters. The van der Waals surface area contributed by atoms with Crippen LogP contribution in [0.1, 0.15) is 34.2 Å². The number of nitrogens with zero attached hydrogens (tertiary/aromatic N) is 2. The normalized spacial score (nSPS) is 9.95. The van der Waals surface area contributed by atoms with E-state index in [0.717, 1.165) is 0 Å². The van der Waals surface area contributed by atoms with E-state index in [2.05, 4.69) is 15.3 Å². The number of nitrogens with one attached hydrogen (secondary N) is 1. The van der Waals surface area contributed by atoms with Gasteiger partial charge in [0.1, 0.15) is 12.0 Å². The highest BCUT2D eigenvalue weighted by Crippen LogP contribution is 2.17. The zero-order valence-electron chi connectivity index (χ0n) is 10.5. The van der Waals surface area contributed by atoms with Gasteiger partial charge in [-0.15, -0.1) is 0 Å². The first-order valence-electron chi connectivity index (χ1n) is 5.92. The van der Waals surface area contributed by atoms with Crippen molar-refractivity contribution in [3.8, 4) is 0 Å². The van der Waals surface area contributed by atoms with Crippen LogP contribution in [-0.4, -0.2) is 21.7 Å². The van der Waals surface area contributed by atoms with Gasteiger partial charge in [-0.25, -0.2) is 9.97 Å². The molecular formula is C14H13N3O2. The Kier molecular flexibility index (Phi) is 3.97. The van der Waals surface area contributed by atoms with Crippen LogP contribution in [0.3, 0.4) is 0 Å². The molecule has 1 heterocycles. The van der Waals surface area contributed by atoms with Crippen molar-refractivity contribution in [3.05, 3.63) is 54.1 Å². The Hall–Kier alpha value is -2.56. The first-order chi connectivity index (χ1) is 9.22. The molecule has 0 saturated carbocycles. The Morgan fingerprint density at radius 2 is 2.00 bits per heavy atom. The van der Waals surface area contributed by atoms with Crippen LogP contribution in [0.15, 0.2) is 42.9 Å². The molecule has 0 spiro atoms. The Morgan fingerprint density at radius 1 is 1.21 bits per heavy atom. The van der Waals surface area contributed by atoms with Crippen molar-refractivity contribution in [2.24, 2.45) is 0 Å². The number of benzene rings is 1. The molecule has 0 aliphatic rings. The lowest BCUT2D eigenvalue weighted by atomic mass is 10.1. The van der Waals surface area contributed by atoms with Crippen molar-refractivity contribution in [1.29, 1.82) is 0 Å². The second-order valence-corrected chi connectivity index (χ2v) is 3.87. The smallest absolute Gasteiger partial charge is 0.274 e. The van der Waals surface area contributed by atoms with Gasteiger partial charge in [0, 0.05) is 18.2 Å². The summed E-state index contributed by atoms with van der Waals surface area (Å²) >= 11 is 0. The molecule has 0 fully saturated rings. The molecule has 0 aliphatic heterocycles. The van der Waals surface area contributed by atoms with E-state index in [1.165, 1.54) is 18.6 Å². The van der Waals surface area contributed by atoms with Crippen LogP contribution in [0.25, 0.3) is 0 Å². The molecule has 0 atom stereocenters. The summed E-state index contributed by atoms with van der Waals surface area (Å²) < 4.78 is 0.